The van der Waals surface area contributed by atoms with Gasteiger partial charge in [-0.3, -0.25) is 0 Å². The van der Waals surface area contributed by atoms with E-state index < -0.39 is 0 Å². The Kier molecular flexibility index (Phi) is 3.70. The SMILES string of the molecule is CNCc1cc(F)ccc1N1CCCc2ccccc21. The fraction of sp³-hybridized carbons (Fsp3) is 0.294. The zero-order valence-electron chi connectivity index (χ0n) is 11.7. The molecule has 3 heteroatoms. The van der Waals surface area contributed by atoms with Gasteiger partial charge in [0, 0.05) is 24.5 Å². The second-order valence-electron chi connectivity index (χ2n) is 5.19. The minimum absolute atomic E-state index is 0.177. The highest BCUT2D eigenvalue weighted by atomic mass is 19.1. The fourth-order valence-electron chi connectivity index (χ4n) is 2.93. The molecule has 2 aromatic rings. The molecule has 2 nitrogen and oxygen atoms in total. The molecule has 1 aliphatic rings. The zero-order valence-corrected chi connectivity index (χ0v) is 11.7. The first-order chi connectivity index (χ1) is 9.79. The van der Waals surface area contributed by atoms with E-state index in [2.05, 4.69) is 34.5 Å². The van der Waals surface area contributed by atoms with Gasteiger partial charge in [0.1, 0.15) is 5.82 Å². The Morgan fingerprint density at radius 2 is 2.00 bits per heavy atom. The Morgan fingerprint density at radius 3 is 2.85 bits per heavy atom. The van der Waals surface area contributed by atoms with Crippen molar-refractivity contribution in [2.45, 2.75) is 19.4 Å². The predicted octanol–water partition coefficient (Wildman–Crippen LogP) is 3.63. The maximum atomic E-state index is 13.5. The van der Waals surface area contributed by atoms with E-state index in [4.69, 9.17) is 0 Å². The second kappa shape index (κ2) is 5.63. The molecule has 0 aliphatic carbocycles. The lowest BCUT2D eigenvalue weighted by atomic mass is 10.00. The summed E-state index contributed by atoms with van der Waals surface area (Å²) in [6.45, 7) is 1.66. The molecule has 0 fully saturated rings. The van der Waals surface area contributed by atoms with Gasteiger partial charge in [0.2, 0.25) is 0 Å². The van der Waals surface area contributed by atoms with E-state index in [0.717, 1.165) is 30.6 Å². The number of nitrogens with zero attached hydrogens (tertiary/aromatic N) is 1. The van der Waals surface area contributed by atoms with Crippen molar-refractivity contribution < 1.29 is 4.39 Å². The molecule has 3 rings (SSSR count). The molecule has 2 aromatic carbocycles. The third-order valence-electron chi connectivity index (χ3n) is 3.81. The van der Waals surface area contributed by atoms with Gasteiger partial charge in [0.25, 0.3) is 0 Å². The Labute approximate surface area is 119 Å². The minimum atomic E-state index is -0.177. The summed E-state index contributed by atoms with van der Waals surface area (Å²) in [5.41, 5.74) is 4.73. The summed E-state index contributed by atoms with van der Waals surface area (Å²) >= 11 is 0. The normalized spacial score (nSPS) is 14.2. The summed E-state index contributed by atoms with van der Waals surface area (Å²) in [5, 5.41) is 3.12. The third kappa shape index (κ3) is 2.41. The fourth-order valence-corrected chi connectivity index (χ4v) is 2.93. The topological polar surface area (TPSA) is 15.3 Å². The Hall–Kier alpha value is -1.87. The number of hydrogen-bond donors (Lipinski definition) is 1. The van der Waals surface area contributed by atoms with Crippen LogP contribution in [0.25, 0.3) is 0 Å². The Bertz CT molecular complexity index is 610. The average molecular weight is 270 g/mol. The van der Waals surface area contributed by atoms with E-state index in [-0.39, 0.29) is 5.82 Å². The third-order valence-corrected chi connectivity index (χ3v) is 3.81. The standard InChI is InChI=1S/C17H19FN2/c1-19-12-14-11-15(18)8-9-17(14)20-10-4-6-13-5-2-3-7-16(13)20/h2-3,5,7-9,11,19H,4,6,10,12H2,1H3. The molecule has 0 saturated heterocycles. The summed E-state index contributed by atoms with van der Waals surface area (Å²) in [7, 11) is 1.89. The highest BCUT2D eigenvalue weighted by Gasteiger charge is 2.19. The number of hydrogen-bond acceptors (Lipinski definition) is 2. The van der Waals surface area contributed by atoms with Crippen LogP contribution in [0.15, 0.2) is 42.5 Å². The summed E-state index contributed by atoms with van der Waals surface area (Å²) in [6.07, 6.45) is 2.25. The molecule has 0 radical (unpaired) electrons. The van der Waals surface area contributed by atoms with Crippen LogP contribution in [-0.4, -0.2) is 13.6 Å². The lowest BCUT2D eigenvalue weighted by Crippen LogP contribution is -2.26. The van der Waals surface area contributed by atoms with Crippen LogP contribution in [0.2, 0.25) is 0 Å². The van der Waals surface area contributed by atoms with Gasteiger partial charge in [-0.2, -0.15) is 0 Å². The van der Waals surface area contributed by atoms with E-state index in [1.165, 1.54) is 11.3 Å². The van der Waals surface area contributed by atoms with Crippen molar-refractivity contribution in [3.05, 3.63) is 59.4 Å². The van der Waals surface area contributed by atoms with Crippen LogP contribution in [0.1, 0.15) is 17.5 Å². The molecule has 0 bridgehead atoms. The molecule has 104 valence electrons. The molecule has 1 aliphatic heterocycles. The largest absolute Gasteiger partial charge is 0.341 e. The first-order valence-corrected chi connectivity index (χ1v) is 7.08. The maximum absolute atomic E-state index is 13.5. The molecule has 0 aromatic heterocycles. The van der Waals surface area contributed by atoms with Crippen LogP contribution < -0.4 is 10.2 Å². The van der Waals surface area contributed by atoms with Crippen LogP contribution >= 0.6 is 0 Å². The van der Waals surface area contributed by atoms with Gasteiger partial charge in [-0.05, 0) is 55.3 Å². The van der Waals surface area contributed by atoms with Gasteiger partial charge in [0.05, 0.1) is 0 Å². The van der Waals surface area contributed by atoms with Crippen molar-refractivity contribution >= 4 is 11.4 Å². The zero-order chi connectivity index (χ0) is 13.9. The minimum Gasteiger partial charge on any atom is -0.341 e. The molecule has 1 heterocycles. The lowest BCUT2D eigenvalue weighted by molar-refractivity contribution is 0.623. The number of benzene rings is 2. The highest BCUT2D eigenvalue weighted by Crippen LogP contribution is 2.35. The van der Waals surface area contributed by atoms with Crippen LogP contribution in [0.5, 0.6) is 0 Å². The van der Waals surface area contributed by atoms with Crippen LogP contribution in [0.3, 0.4) is 0 Å². The number of fused-ring (bicyclic) bond motifs is 1. The van der Waals surface area contributed by atoms with E-state index in [1.54, 1.807) is 12.1 Å². The van der Waals surface area contributed by atoms with E-state index in [0.29, 0.717) is 6.54 Å². The van der Waals surface area contributed by atoms with Gasteiger partial charge in [0.15, 0.2) is 0 Å². The van der Waals surface area contributed by atoms with Crippen molar-refractivity contribution in [1.82, 2.24) is 5.32 Å². The van der Waals surface area contributed by atoms with E-state index in [1.807, 2.05) is 13.1 Å². The van der Waals surface area contributed by atoms with Gasteiger partial charge >= 0.3 is 0 Å². The monoisotopic (exact) mass is 270 g/mol. The van der Waals surface area contributed by atoms with E-state index >= 15 is 0 Å². The summed E-state index contributed by atoms with van der Waals surface area (Å²) < 4.78 is 13.5. The molecule has 0 spiro atoms. The summed E-state index contributed by atoms with van der Waals surface area (Å²) in [6, 6.07) is 13.6. The Balaban J connectivity index is 2.06. The summed E-state index contributed by atoms with van der Waals surface area (Å²) in [5.74, 6) is -0.177. The van der Waals surface area contributed by atoms with E-state index in [9.17, 15) is 4.39 Å². The van der Waals surface area contributed by atoms with Gasteiger partial charge in [-0.1, -0.05) is 18.2 Å². The van der Waals surface area contributed by atoms with Crippen LogP contribution in [-0.2, 0) is 13.0 Å². The van der Waals surface area contributed by atoms with Crippen LogP contribution in [0.4, 0.5) is 15.8 Å². The van der Waals surface area contributed by atoms with Gasteiger partial charge in [-0.25, -0.2) is 4.39 Å². The van der Waals surface area contributed by atoms with Crippen LogP contribution in [0, 0.1) is 5.82 Å². The molecular weight excluding hydrogens is 251 g/mol. The number of rotatable bonds is 3. The first-order valence-electron chi connectivity index (χ1n) is 7.08. The van der Waals surface area contributed by atoms with Crippen molar-refractivity contribution in [2.24, 2.45) is 0 Å². The molecule has 0 unspecified atom stereocenters. The van der Waals surface area contributed by atoms with Crippen molar-refractivity contribution in [3.8, 4) is 0 Å². The highest BCUT2D eigenvalue weighted by molar-refractivity contribution is 5.70. The lowest BCUT2D eigenvalue weighted by Gasteiger charge is -2.33. The number of halogens is 1. The number of para-hydroxylation sites is 1. The quantitative estimate of drug-likeness (QED) is 0.916. The smallest absolute Gasteiger partial charge is 0.123 e. The van der Waals surface area contributed by atoms with Gasteiger partial charge < -0.3 is 10.2 Å². The van der Waals surface area contributed by atoms with Gasteiger partial charge in [-0.15, -0.1) is 0 Å². The van der Waals surface area contributed by atoms with Crippen molar-refractivity contribution in [2.75, 3.05) is 18.5 Å². The Morgan fingerprint density at radius 1 is 1.15 bits per heavy atom. The maximum Gasteiger partial charge on any atom is 0.123 e. The van der Waals surface area contributed by atoms with Crippen molar-refractivity contribution in [1.29, 1.82) is 0 Å². The second-order valence-corrected chi connectivity index (χ2v) is 5.19. The molecule has 20 heavy (non-hydrogen) atoms. The molecule has 1 N–H and O–H groups in total. The van der Waals surface area contributed by atoms with Crippen molar-refractivity contribution in [3.63, 3.8) is 0 Å². The summed E-state index contributed by atoms with van der Waals surface area (Å²) in [4.78, 5) is 2.31. The molecule has 0 amide bonds. The molecular formula is C17H19FN2. The molecule has 0 atom stereocenters. The number of anilines is 2. The first kappa shape index (κ1) is 13.1. The predicted molar refractivity (Wildman–Crippen MR) is 80.9 cm³/mol. The average Bonchev–Trinajstić information content (AvgIpc) is 2.47. The number of aryl methyl sites for hydroxylation is 1. The number of nitrogens with one attached hydrogen (secondary N) is 1. The molecule has 0 saturated carbocycles.